The Hall–Kier alpha value is -0.140. The lowest BCUT2D eigenvalue weighted by Gasteiger charge is -1.86. The van der Waals surface area contributed by atoms with Crippen molar-refractivity contribution in [3.05, 3.63) is 0 Å². The van der Waals surface area contributed by atoms with Crippen LogP contribution in [0, 0.1) is 0 Å². The van der Waals surface area contributed by atoms with Crippen molar-refractivity contribution in [2.45, 2.75) is 39.5 Å². The van der Waals surface area contributed by atoms with Crippen molar-refractivity contribution in [3.63, 3.8) is 0 Å². The van der Waals surface area contributed by atoms with Crippen LogP contribution in [0.5, 0.6) is 0 Å². The molecule has 0 atom stereocenters. The summed E-state index contributed by atoms with van der Waals surface area (Å²) in [7, 11) is 0. The largest absolute Gasteiger partial charge is 0.229 e. The highest BCUT2D eigenvalue weighted by Gasteiger charge is 1.75. The zero-order valence-electron chi connectivity index (χ0n) is 6.29. The quantitative estimate of drug-likeness (QED) is 0.524. The van der Waals surface area contributed by atoms with Gasteiger partial charge in [-0.15, -0.1) is 0 Å². The molecule has 0 saturated heterocycles. The van der Waals surface area contributed by atoms with Gasteiger partial charge in [-0.3, -0.25) is 0 Å². The average molecular weight is 138 g/mol. The van der Waals surface area contributed by atoms with Gasteiger partial charge in [0.15, 0.2) is 0 Å². The Morgan fingerprint density at radius 2 is 1.11 bits per heavy atom. The van der Waals surface area contributed by atoms with Gasteiger partial charge in [0, 0.05) is 0 Å². The van der Waals surface area contributed by atoms with E-state index in [2.05, 4.69) is 13.8 Å². The Morgan fingerprint density at radius 1 is 0.889 bits per heavy atom. The summed E-state index contributed by atoms with van der Waals surface area (Å²) in [5, 5.41) is 0. The first kappa shape index (κ1) is 11.6. The van der Waals surface area contributed by atoms with Crippen LogP contribution in [-0.2, 0) is 0 Å². The molecular weight excluding hydrogens is 122 g/mol. The third-order valence-corrected chi connectivity index (χ3v) is 0.957. The maximum Gasteiger partial charge on any atom is 0.229 e. The van der Waals surface area contributed by atoms with E-state index < -0.39 is 6.93 Å². The number of alkyl halides is 2. The van der Waals surface area contributed by atoms with Crippen LogP contribution < -0.4 is 0 Å². The molecule has 0 unspecified atom stereocenters. The maximum absolute atomic E-state index is 9.62. The molecule has 9 heavy (non-hydrogen) atoms. The van der Waals surface area contributed by atoms with Gasteiger partial charge in [0.05, 0.1) is 0 Å². The summed E-state index contributed by atoms with van der Waals surface area (Å²) in [6.07, 6.45) is 5.54. The van der Waals surface area contributed by atoms with Crippen molar-refractivity contribution < 1.29 is 8.78 Å². The van der Waals surface area contributed by atoms with Crippen molar-refractivity contribution >= 4 is 0 Å². The van der Waals surface area contributed by atoms with E-state index in [1.807, 2.05) is 0 Å². The summed E-state index contributed by atoms with van der Waals surface area (Å²) in [5.74, 6) is 0. The predicted molar refractivity (Wildman–Crippen MR) is 36.9 cm³/mol. The van der Waals surface area contributed by atoms with Gasteiger partial charge in [-0.2, -0.15) is 0 Å². The lowest BCUT2D eigenvalue weighted by atomic mass is 10.2. The Balaban J connectivity index is 0. The summed E-state index contributed by atoms with van der Waals surface area (Å²) < 4.78 is 19.2. The lowest BCUT2D eigenvalue weighted by Crippen LogP contribution is -1.66. The fourth-order valence-electron chi connectivity index (χ4n) is 0.500. The van der Waals surface area contributed by atoms with Crippen LogP contribution in [-0.4, -0.2) is 6.93 Å². The summed E-state index contributed by atoms with van der Waals surface area (Å²) in [6.45, 7) is 2.71. The molecule has 58 valence electrons. The lowest BCUT2D eigenvalue weighted by molar-refractivity contribution is 0.295. The molecular formula is C7H16F2. The van der Waals surface area contributed by atoms with Crippen LogP contribution in [0.1, 0.15) is 39.5 Å². The fourth-order valence-corrected chi connectivity index (χ4v) is 0.500. The molecule has 0 bridgehead atoms. The number of hydrogen-bond acceptors (Lipinski definition) is 0. The molecule has 0 nitrogen and oxygen atoms in total. The Kier molecular flexibility index (Phi) is 20.2. The van der Waals surface area contributed by atoms with Gasteiger partial charge >= 0.3 is 0 Å². The molecule has 0 saturated carbocycles. The molecule has 0 amide bonds. The first-order chi connectivity index (χ1) is 4.33. The first-order valence-electron chi connectivity index (χ1n) is 3.45. The molecule has 0 heterocycles. The zero-order chi connectivity index (χ0) is 7.54. The van der Waals surface area contributed by atoms with E-state index >= 15 is 0 Å². The second kappa shape index (κ2) is 15.7. The van der Waals surface area contributed by atoms with Gasteiger partial charge in [0.25, 0.3) is 0 Å². The minimum atomic E-state index is -1.75. The molecule has 0 fully saturated rings. The zero-order valence-corrected chi connectivity index (χ0v) is 6.29. The van der Waals surface area contributed by atoms with E-state index in [0.717, 1.165) is 0 Å². The number of unbranched alkanes of at least 4 members (excludes halogenated alkanes) is 3. The van der Waals surface area contributed by atoms with Crippen molar-refractivity contribution in [1.82, 2.24) is 0 Å². The summed E-state index contributed by atoms with van der Waals surface area (Å²) in [6, 6.07) is 0. The van der Waals surface area contributed by atoms with Crippen molar-refractivity contribution in [2.75, 3.05) is 6.93 Å². The van der Waals surface area contributed by atoms with Gasteiger partial charge in [-0.05, 0) is 0 Å². The highest BCUT2D eigenvalue weighted by molar-refractivity contribution is 4.31. The predicted octanol–water partition coefficient (Wildman–Crippen LogP) is 3.47. The SMILES string of the molecule is CCCCCC.FCF. The van der Waals surface area contributed by atoms with Crippen molar-refractivity contribution in [1.29, 1.82) is 0 Å². The normalized spacial score (nSPS) is 8.00. The molecule has 0 aliphatic heterocycles. The van der Waals surface area contributed by atoms with Crippen LogP contribution in [0.15, 0.2) is 0 Å². The third kappa shape index (κ3) is 33.0. The standard InChI is InChI=1S/C6H14.CH2F2/c1-3-5-6-4-2;2-1-3/h3-6H2,1-2H3;1H2. The Labute approximate surface area is 56.3 Å². The molecule has 2 heteroatoms. The van der Waals surface area contributed by atoms with Gasteiger partial charge in [0.1, 0.15) is 0 Å². The van der Waals surface area contributed by atoms with Gasteiger partial charge in [-0.25, -0.2) is 8.78 Å². The van der Waals surface area contributed by atoms with E-state index in [-0.39, 0.29) is 0 Å². The maximum atomic E-state index is 9.62. The fraction of sp³-hybridized carbons (Fsp3) is 1.00. The monoisotopic (exact) mass is 138 g/mol. The smallest absolute Gasteiger partial charge is 0.214 e. The molecule has 0 aliphatic rings. The minimum Gasteiger partial charge on any atom is -0.214 e. The van der Waals surface area contributed by atoms with E-state index in [0.29, 0.717) is 0 Å². The molecule has 0 spiro atoms. The van der Waals surface area contributed by atoms with Gasteiger partial charge in [-0.1, -0.05) is 39.5 Å². The number of hydrogen-bond donors (Lipinski definition) is 0. The van der Waals surface area contributed by atoms with Crippen LogP contribution >= 0.6 is 0 Å². The molecule has 0 aliphatic carbocycles. The number of halogens is 2. The minimum absolute atomic E-state index is 1.36. The van der Waals surface area contributed by atoms with Crippen molar-refractivity contribution in [2.24, 2.45) is 0 Å². The second-order valence-corrected chi connectivity index (χ2v) is 1.81. The van der Waals surface area contributed by atoms with E-state index in [9.17, 15) is 8.78 Å². The number of rotatable bonds is 3. The molecule has 0 rings (SSSR count). The average Bonchev–Trinajstić information content (AvgIpc) is 1.86. The Morgan fingerprint density at radius 3 is 1.22 bits per heavy atom. The van der Waals surface area contributed by atoms with Crippen molar-refractivity contribution in [3.8, 4) is 0 Å². The van der Waals surface area contributed by atoms with Gasteiger partial charge < -0.3 is 0 Å². The molecule has 0 radical (unpaired) electrons. The third-order valence-electron chi connectivity index (χ3n) is 0.957. The molecule has 0 aromatic carbocycles. The van der Waals surface area contributed by atoms with Gasteiger partial charge in [0.2, 0.25) is 6.93 Å². The van der Waals surface area contributed by atoms with Crippen LogP contribution in [0.2, 0.25) is 0 Å². The van der Waals surface area contributed by atoms with E-state index in [1.54, 1.807) is 0 Å². The van der Waals surface area contributed by atoms with Crippen LogP contribution in [0.4, 0.5) is 8.78 Å². The molecule has 0 aromatic rings. The summed E-state index contributed by atoms with van der Waals surface area (Å²) in [4.78, 5) is 0. The molecule has 0 N–H and O–H groups in total. The highest BCUT2D eigenvalue weighted by atomic mass is 19.3. The second-order valence-electron chi connectivity index (χ2n) is 1.81. The van der Waals surface area contributed by atoms with Crippen LogP contribution in [0.25, 0.3) is 0 Å². The van der Waals surface area contributed by atoms with E-state index in [1.165, 1.54) is 25.7 Å². The first-order valence-corrected chi connectivity index (χ1v) is 3.45. The highest BCUT2D eigenvalue weighted by Crippen LogP contribution is 1.95. The Bertz CT molecular complexity index is 26.1. The van der Waals surface area contributed by atoms with Crippen LogP contribution in [0.3, 0.4) is 0 Å². The van der Waals surface area contributed by atoms with E-state index in [4.69, 9.17) is 0 Å². The molecule has 0 aromatic heterocycles. The summed E-state index contributed by atoms with van der Waals surface area (Å²) in [5.41, 5.74) is 0. The summed E-state index contributed by atoms with van der Waals surface area (Å²) >= 11 is 0. The topological polar surface area (TPSA) is 0 Å².